The largest absolute Gasteiger partial charge is 0.481 e. The molecule has 0 saturated heterocycles. The van der Waals surface area contributed by atoms with E-state index in [-0.39, 0.29) is 23.7 Å². The minimum absolute atomic E-state index is 0.0413. The third kappa shape index (κ3) is 8.93. The van der Waals surface area contributed by atoms with Gasteiger partial charge in [0, 0.05) is 6.54 Å². The number of nitrogens with one attached hydrogen (secondary N) is 1. The van der Waals surface area contributed by atoms with Crippen molar-refractivity contribution in [3.63, 3.8) is 0 Å². The fourth-order valence-corrected chi connectivity index (χ4v) is 2.43. The Hall–Kier alpha value is -1.12. The average Bonchev–Trinajstić information content (AvgIpc) is 2.52. The number of hydrogen-bond donors (Lipinski definition) is 5. The lowest BCUT2D eigenvalue weighted by Gasteiger charge is -2.29. The molecule has 8 heteroatoms. The molecule has 1 aliphatic carbocycles. The SMILES string of the molecule is CC(C)C(N)C(=O)NCC1CCCCC1C(=O)O.CCB(O)O. The zero-order chi connectivity index (χ0) is 18.0. The molecule has 7 nitrogen and oxygen atoms in total. The van der Waals surface area contributed by atoms with Gasteiger partial charge in [-0.1, -0.05) is 33.6 Å². The molecule has 0 aromatic carbocycles. The highest BCUT2D eigenvalue weighted by atomic mass is 16.4. The van der Waals surface area contributed by atoms with E-state index < -0.39 is 19.1 Å². The summed E-state index contributed by atoms with van der Waals surface area (Å²) in [6.07, 6.45) is 4.01. The highest BCUT2D eigenvalue weighted by molar-refractivity contribution is 6.40. The van der Waals surface area contributed by atoms with Crippen molar-refractivity contribution in [2.45, 2.75) is 58.8 Å². The Balaban J connectivity index is 0.000000841. The van der Waals surface area contributed by atoms with Gasteiger partial charge in [-0.25, -0.2) is 0 Å². The Morgan fingerprint density at radius 1 is 1.26 bits per heavy atom. The maximum Gasteiger partial charge on any atom is 0.451 e. The van der Waals surface area contributed by atoms with Crippen molar-refractivity contribution in [1.29, 1.82) is 0 Å². The number of rotatable bonds is 6. The number of carboxylic acid groups (broad SMARTS) is 1. The van der Waals surface area contributed by atoms with Crippen LogP contribution in [-0.2, 0) is 9.59 Å². The van der Waals surface area contributed by atoms with Crippen LogP contribution in [0, 0.1) is 17.8 Å². The number of carbonyl (C=O) groups excluding carboxylic acids is 1. The lowest BCUT2D eigenvalue weighted by molar-refractivity contribution is -0.145. The van der Waals surface area contributed by atoms with E-state index >= 15 is 0 Å². The van der Waals surface area contributed by atoms with E-state index in [1.165, 1.54) is 0 Å². The molecule has 3 unspecified atom stereocenters. The molecule has 1 rings (SSSR count). The average molecular weight is 330 g/mol. The monoisotopic (exact) mass is 330 g/mol. The van der Waals surface area contributed by atoms with Crippen LogP contribution in [0.1, 0.15) is 46.5 Å². The first kappa shape index (κ1) is 21.9. The zero-order valence-electron chi connectivity index (χ0n) is 14.4. The Morgan fingerprint density at radius 2 is 1.78 bits per heavy atom. The van der Waals surface area contributed by atoms with Gasteiger partial charge in [-0.15, -0.1) is 0 Å². The van der Waals surface area contributed by atoms with Crippen molar-refractivity contribution in [3.05, 3.63) is 0 Å². The fourth-order valence-electron chi connectivity index (χ4n) is 2.43. The summed E-state index contributed by atoms with van der Waals surface area (Å²) < 4.78 is 0. The predicted octanol–water partition coefficient (Wildman–Crippen LogP) is 0.456. The summed E-state index contributed by atoms with van der Waals surface area (Å²) in [6, 6.07) is -0.517. The van der Waals surface area contributed by atoms with Crippen LogP contribution in [0.2, 0.25) is 6.32 Å². The van der Waals surface area contributed by atoms with E-state index in [1.54, 1.807) is 6.92 Å². The van der Waals surface area contributed by atoms with Crippen LogP contribution < -0.4 is 11.1 Å². The molecular formula is C15H31BN2O5. The van der Waals surface area contributed by atoms with Gasteiger partial charge < -0.3 is 26.2 Å². The molecule has 0 bridgehead atoms. The normalized spacial score (nSPS) is 21.9. The van der Waals surface area contributed by atoms with Gasteiger partial charge in [-0.05, 0) is 31.0 Å². The van der Waals surface area contributed by atoms with Crippen LogP contribution in [0.4, 0.5) is 0 Å². The van der Waals surface area contributed by atoms with Crippen molar-refractivity contribution >= 4 is 19.0 Å². The van der Waals surface area contributed by atoms with E-state index in [9.17, 15) is 9.59 Å². The highest BCUT2D eigenvalue weighted by Gasteiger charge is 2.31. The summed E-state index contributed by atoms with van der Waals surface area (Å²) in [6.45, 7) is 5.91. The van der Waals surface area contributed by atoms with Crippen molar-refractivity contribution in [3.8, 4) is 0 Å². The second-order valence-electron chi connectivity index (χ2n) is 6.39. The van der Waals surface area contributed by atoms with Crippen molar-refractivity contribution < 1.29 is 24.7 Å². The van der Waals surface area contributed by atoms with Crippen LogP contribution in [-0.4, -0.2) is 46.7 Å². The number of carbonyl (C=O) groups is 2. The molecule has 23 heavy (non-hydrogen) atoms. The molecule has 1 fully saturated rings. The van der Waals surface area contributed by atoms with Crippen LogP contribution >= 0.6 is 0 Å². The lowest BCUT2D eigenvalue weighted by Crippen LogP contribution is -2.46. The topological polar surface area (TPSA) is 133 Å². The fraction of sp³-hybridized carbons (Fsp3) is 0.867. The van der Waals surface area contributed by atoms with Gasteiger partial charge in [0.25, 0.3) is 0 Å². The highest BCUT2D eigenvalue weighted by Crippen LogP contribution is 2.29. The second kappa shape index (κ2) is 11.4. The van der Waals surface area contributed by atoms with E-state index in [1.807, 2.05) is 13.8 Å². The number of amides is 1. The lowest BCUT2D eigenvalue weighted by atomic mass is 9.79. The molecule has 1 aliphatic rings. The standard InChI is InChI=1S/C13H24N2O3.C2H7BO2/c1-8(2)11(14)12(16)15-7-9-5-3-4-6-10(9)13(17)18;1-2-3(4)5/h8-11H,3-7,14H2,1-2H3,(H,15,16)(H,17,18);4-5H,2H2,1H3. The first-order valence-electron chi connectivity index (χ1n) is 8.32. The Labute approximate surface area is 138 Å². The molecule has 0 aliphatic heterocycles. The van der Waals surface area contributed by atoms with Gasteiger partial charge in [0.1, 0.15) is 0 Å². The first-order valence-corrected chi connectivity index (χ1v) is 8.32. The summed E-state index contributed by atoms with van der Waals surface area (Å²) in [5, 5.41) is 27.8. The van der Waals surface area contributed by atoms with Gasteiger partial charge in [0.15, 0.2) is 0 Å². The summed E-state index contributed by atoms with van der Waals surface area (Å²) in [5.41, 5.74) is 5.74. The quantitative estimate of drug-likeness (QED) is 0.449. The third-order valence-electron chi connectivity index (χ3n) is 4.15. The molecule has 0 heterocycles. The molecule has 1 saturated carbocycles. The minimum atomic E-state index is -1.12. The number of aliphatic carboxylic acids is 1. The van der Waals surface area contributed by atoms with E-state index in [2.05, 4.69) is 5.32 Å². The Kier molecular flexibility index (Phi) is 10.9. The molecule has 3 atom stereocenters. The minimum Gasteiger partial charge on any atom is -0.481 e. The maximum absolute atomic E-state index is 11.7. The maximum atomic E-state index is 11.7. The van der Waals surface area contributed by atoms with E-state index in [4.69, 9.17) is 20.9 Å². The van der Waals surface area contributed by atoms with Gasteiger partial charge in [-0.3, -0.25) is 9.59 Å². The number of carboxylic acids is 1. The summed E-state index contributed by atoms with van der Waals surface area (Å²) in [7, 11) is -1.12. The number of hydrogen-bond acceptors (Lipinski definition) is 5. The van der Waals surface area contributed by atoms with E-state index in [0.29, 0.717) is 19.3 Å². The predicted molar refractivity (Wildman–Crippen MR) is 89.6 cm³/mol. The summed E-state index contributed by atoms with van der Waals surface area (Å²) >= 11 is 0. The van der Waals surface area contributed by atoms with Crippen LogP contribution in [0.15, 0.2) is 0 Å². The van der Waals surface area contributed by atoms with Crippen LogP contribution in [0.25, 0.3) is 0 Å². The van der Waals surface area contributed by atoms with Crippen molar-refractivity contribution in [2.75, 3.05) is 6.54 Å². The van der Waals surface area contributed by atoms with Crippen molar-refractivity contribution in [1.82, 2.24) is 5.32 Å². The smallest absolute Gasteiger partial charge is 0.451 e. The molecule has 0 aromatic rings. The molecule has 6 N–H and O–H groups in total. The molecule has 1 amide bonds. The molecule has 0 spiro atoms. The van der Waals surface area contributed by atoms with Crippen LogP contribution in [0.3, 0.4) is 0 Å². The first-order chi connectivity index (χ1) is 10.7. The Bertz CT molecular complexity index is 366. The van der Waals surface area contributed by atoms with Crippen LogP contribution in [0.5, 0.6) is 0 Å². The molecule has 0 radical (unpaired) electrons. The number of nitrogens with two attached hydrogens (primary N) is 1. The third-order valence-corrected chi connectivity index (χ3v) is 4.15. The van der Waals surface area contributed by atoms with Gasteiger partial charge in [0.2, 0.25) is 5.91 Å². The zero-order valence-corrected chi connectivity index (χ0v) is 14.4. The van der Waals surface area contributed by atoms with Crippen molar-refractivity contribution in [2.24, 2.45) is 23.5 Å². The molecule has 0 aromatic heterocycles. The summed E-state index contributed by atoms with van der Waals surface area (Å²) in [4.78, 5) is 22.8. The second-order valence-corrected chi connectivity index (χ2v) is 6.39. The van der Waals surface area contributed by atoms with Gasteiger partial charge in [-0.2, -0.15) is 0 Å². The summed E-state index contributed by atoms with van der Waals surface area (Å²) in [5.74, 6) is -1.12. The molecule has 134 valence electrons. The molecular weight excluding hydrogens is 299 g/mol. The Morgan fingerprint density at radius 3 is 2.22 bits per heavy atom. The van der Waals surface area contributed by atoms with E-state index in [0.717, 1.165) is 19.3 Å². The van der Waals surface area contributed by atoms with Gasteiger partial charge >= 0.3 is 13.1 Å². The van der Waals surface area contributed by atoms with Gasteiger partial charge in [0.05, 0.1) is 12.0 Å².